The molecule has 0 amide bonds. The number of hydrogen-bond acceptors (Lipinski definition) is 5. The van der Waals surface area contributed by atoms with Crippen LogP contribution in [0.1, 0.15) is 20.8 Å². The van der Waals surface area contributed by atoms with E-state index in [1.54, 1.807) is 0 Å². The third-order valence-corrected chi connectivity index (χ3v) is 4.05. The molecular formula is C13H13ClN2O2S. The molecule has 1 aromatic carbocycles. The highest BCUT2D eigenvalue weighted by Crippen LogP contribution is 2.30. The summed E-state index contributed by atoms with van der Waals surface area (Å²) in [6, 6.07) is 5.99. The van der Waals surface area contributed by atoms with Crippen molar-refractivity contribution in [2.24, 2.45) is 0 Å². The smallest absolute Gasteiger partial charge is 0.351 e. The fraction of sp³-hybridized carbons (Fsp3) is 0.231. The van der Waals surface area contributed by atoms with E-state index >= 15 is 0 Å². The number of benzene rings is 1. The number of nitrogens with one attached hydrogen (secondary N) is 1. The van der Waals surface area contributed by atoms with Crippen LogP contribution in [-0.4, -0.2) is 18.1 Å². The first-order valence-corrected chi connectivity index (χ1v) is 6.79. The highest BCUT2D eigenvalue weighted by Gasteiger charge is 2.17. The first-order chi connectivity index (χ1) is 9.01. The molecule has 2 aromatic rings. The summed E-state index contributed by atoms with van der Waals surface area (Å²) in [4.78, 5) is 15.8. The van der Waals surface area contributed by atoms with Crippen molar-refractivity contribution in [2.75, 3.05) is 12.4 Å². The van der Waals surface area contributed by atoms with Gasteiger partial charge in [0.15, 0.2) is 15.2 Å². The molecule has 0 unspecified atom stereocenters. The second-order valence-electron chi connectivity index (χ2n) is 4.05. The summed E-state index contributed by atoms with van der Waals surface area (Å²) >= 11 is 7.07. The number of thiazole rings is 1. The summed E-state index contributed by atoms with van der Waals surface area (Å²) in [5, 5.41) is 3.85. The lowest BCUT2D eigenvalue weighted by Crippen LogP contribution is -1.98. The van der Waals surface area contributed by atoms with Crippen LogP contribution in [0.2, 0.25) is 5.15 Å². The van der Waals surface area contributed by atoms with Gasteiger partial charge in [0.1, 0.15) is 0 Å². The third kappa shape index (κ3) is 3.05. The van der Waals surface area contributed by atoms with E-state index in [4.69, 9.17) is 11.6 Å². The van der Waals surface area contributed by atoms with Gasteiger partial charge in [-0.1, -0.05) is 29.0 Å². The maximum atomic E-state index is 11.4. The van der Waals surface area contributed by atoms with Crippen LogP contribution in [0.4, 0.5) is 10.8 Å². The summed E-state index contributed by atoms with van der Waals surface area (Å²) in [5.74, 6) is -0.476. The van der Waals surface area contributed by atoms with Crippen molar-refractivity contribution in [1.82, 2.24) is 4.98 Å². The normalized spacial score (nSPS) is 10.3. The molecule has 0 spiro atoms. The Morgan fingerprint density at radius 2 is 2.11 bits per heavy atom. The average molecular weight is 297 g/mol. The lowest BCUT2D eigenvalue weighted by molar-refractivity contribution is 0.0606. The van der Waals surface area contributed by atoms with Crippen LogP contribution in [0.15, 0.2) is 18.2 Å². The van der Waals surface area contributed by atoms with Crippen LogP contribution in [0, 0.1) is 13.8 Å². The predicted molar refractivity (Wildman–Crippen MR) is 77.7 cm³/mol. The molecule has 100 valence electrons. The minimum absolute atomic E-state index is 0.156. The van der Waals surface area contributed by atoms with Crippen LogP contribution in [0.3, 0.4) is 0 Å². The predicted octanol–water partition coefficient (Wildman–Crippen LogP) is 3.94. The van der Waals surface area contributed by atoms with E-state index < -0.39 is 5.97 Å². The van der Waals surface area contributed by atoms with Gasteiger partial charge in [-0.25, -0.2) is 9.78 Å². The molecule has 1 aromatic heterocycles. The standard InChI is InChI=1S/C13H13ClN2O2S/c1-7-4-5-9(6-8(7)2)15-13-16-11(14)10(19-13)12(17)18-3/h4-6H,1-3H3,(H,15,16). The average Bonchev–Trinajstić information content (AvgIpc) is 2.74. The third-order valence-electron chi connectivity index (χ3n) is 2.71. The van der Waals surface area contributed by atoms with Crippen LogP contribution in [-0.2, 0) is 4.74 Å². The molecule has 0 saturated carbocycles. The second kappa shape index (κ2) is 5.59. The van der Waals surface area contributed by atoms with E-state index in [0.29, 0.717) is 10.0 Å². The van der Waals surface area contributed by atoms with E-state index in [2.05, 4.69) is 22.0 Å². The number of rotatable bonds is 3. The summed E-state index contributed by atoms with van der Waals surface area (Å²) in [6.07, 6.45) is 0. The van der Waals surface area contributed by atoms with Crippen LogP contribution < -0.4 is 5.32 Å². The van der Waals surface area contributed by atoms with Crippen molar-refractivity contribution in [1.29, 1.82) is 0 Å². The molecule has 0 bridgehead atoms. The van der Waals surface area contributed by atoms with Gasteiger partial charge in [-0.3, -0.25) is 0 Å². The van der Waals surface area contributed by atoms with Gasteiger partial charge in [0.2, 0.25) is 0 Å². The molecule has 1 N–H and O–H groups in total. The SMILES string of the molecule is COC(=O)c1sc(Nc2ccc(C)c(C)c2)nc1Cl. The van der Waals surface area contributed by atoms with Crippen molar-refractivity contribution >= 4 is 39.7 Å². The minimum Gasteiger partial charge on any atom is -0.465 e. The quantitative estimate of drug-likeness (QED) is 0.872. The van der Waals surface area contributed by atoms with E-state index in [-0.39, 0.29) is 5.15 Å². The van der Waals surface area contributed by atoms with Gasteiger partial charge >= 0.3 is 5.97 Å². The Morgan fingerprint density at radius 1 is 1.37 bits per heavy atom. The summed E-state index contributed by atoms with van der Waals surface area (Å²) < 4.78 is 4.63. The molecule has 19 heavy (non-hydrogen) atoms. The molecule has 0 aliphatic carbocycles. The number of hydrogen-bond donors (Lipinski definition) is 1. The van der Waals surface area contributed by atoms with Gasteiger partial charge in [-0.2, -0.15) is 0 Å². The highest BCUT2D eigenvalue weighted by molar-refractivity contribution is 7.18. The Bertz CT molecular complexity index is 625. The van der Waals surface area contributed by atoms with Gasteiger partial charge in [0, 0.05) is 5.69 Å². The number of ether oxygens (including phenoxy) is 1. The molecule has 0 atom stereocenters. The number of halogens is 1. The Hall–Kier alpha value is -1.59. The lowest BCUT2D eigenvalue weighted by Gasteiger charge is -2.05. The Kier molecular flexibility index (Phi) is 4.07. The highest BCUT2D eigenvalue weighted by atomic mass is 35.5. The first-order valence-electron chi connectivity index (χ1n) is 5.60. The molecule has 4 nitrogen and oxygen atoms in total. The zero-order valence-electron chi connectivity index (χ0n) is 10.8. The zero-order valence-corrected chi connectivity index (χ0v) is 12.4. The Morgan fingerprint density at radius 3 is 2.74 bits per heavy atom. The monoisotopic (exact) mass is 296 g/mol. The first kappa shape index (κ1) is 13.8. The number of aryl methyl sites for hydroxylation is 2. The van der Waals surface area contributed by atoms with Crippen molar-refractivity contribution in [3.8, 4) is 0 Å². The van der Waals surface area contributed by atoms with Crippen molar-refractivity contribution in [2.45, 2.75) is 13.8 Å². The molecule has 0 aliphatic heterocycles. The largest absolute Gasteiger partial charge is 0.465 e. The van der Waals surface area contributed by atoms with Crippen LogP contribution >= 0.6 is 22.9 Å². The Balaban J connectivity index is 2.24. The fourth-order valence-electron chi connectivity index (χ4n) is 1.52. The molecule has 0 fully saturated rings. The van der Waals surface area contributed by atoms with Gasteiger partial charge < -0.3 is 10.1 Å². The van der Waals surface area contributed by atoms with Gasteiger partial charge in [0.25, 0.3) is 0 Å². The molecule has 0 saturated heterocycles. The maximum absolute atomic E-state index is 11.4. The molecule has 6 heteroatoms. The van der Waals surface area contributed by atoms with Crippen LogP contribution in [0.25, 0.3) is 0 Å². The topological polar surface area (TPSA) is 51.2 Å². The number of nitrogens with zero attached hydrogens (tertiary/aromatic N) is 1. The molecule has 0 radical (unpaired) electrons. The Labute approximate surface area is 120 Å². The number of esters is 1. The number of aromatic nitrogens is 1. The van der Waals surface area contributed by atoms with Crippen LogP contribution in [0.5, 0.6) is 0 Å². The summed E-state index contributed by atoms with van der Waals surface area (Å²) in [6.45, 7) is 4.09. The second-order valence-corrected chi connectivity index (χ2v) is 5.41. The maximum Gasteiger partial charge on any atom is 0.351 e. The molecule has 1 heterocycles. The van der Waals surface area contributed by atoms with Gasteiger partial charge in [-0.05, 0) is 37.1 Å². The number of anilines is 2. The van der Waals surface area contributed by atoms with Gasteiger partial charge in [0.05, 0.1) is 7.11 Å². The van der Waals surface area contributed by atoms with E-state index in [1.165, 1.54) is 29.6 Å². The minimum atomic E-state index is -0.476. The number of carbonyl (C=O) groups is 1. The van der Waals surface area contributed by atoms with E-state index in [9.17, 15) is 4.79 Å². The molecular weight excluding hydrogens is 284 g/mol. The lowest BCUT2D eigenvalue weighted by atomic mass is 10.1. The zero-order chi connectivity index (χ0) is 14.0. The van der Waals surface area contributed by atoms with E-state index in [1.807, 2.05) is 25.1 Å². The number of carbonyl (C=O) groups excluding carboxylic acids is 1. The fourth-order valence-corrected chi connectivity index (χ4v) is 2.64. The van der Waals surface area contributed by atoms with E-state index in [0.717, 1.165) is 5.69 Å². The van der Waals surface area contributed by atoms with Crippen molar-refractivity contribution in [3.05, 3.63) is 39.4 Å². The summed E-state index contributed by atoms with van der Waals surface area (Å²) in [5.41, 5.74) is 3.31. The molecule has 2 rings (SSSR count). The van der Waals surface area contributed by atoms with Crippen molar-refractivity contribution < 1.29 is 9.53 Å². The van der Waals surface area contributed by atoms with Gasteiger partial charge in [-0.15, -0.1) is 0 Å². The molecule has 0 aliphatic rings. The van der Waals surface area contributed by atoms with Crippen molar-refractivity contribution in [3.63, 3.8) is 0 Å². The number of methoxy groups -OCH3 is 1. The summed E-state index contributed by atoms with van der Waals surface area (Å²) in [7, 11) is 1.31.